The number of aromatic nitrogens is 2. The molecule has 2 heterocycles. The molecule has 0 atom stereocenters. The number of benzene rings is 3. The van der Waals surface area contributed by atoms with Crippen LogP contribution in [0.5, 0.6) is 0 Å². The van der Waals surface area contributed by atoms with Crippen molar-refractivity contribution < 1.29 is 13.2 Å². The van der Waals surface area contributed by atoms with Crippen LogP contribution in [-0.2, 0) is 14.8 Å². The Kier molecular flexibility index (Phi) is 6.90. The van der Waals surface area contributed by atoms with Gasteiger partial charge in [0.1, 0.15) is 5.69 Å². The molecule has 0 saturated carbocycles. The number of aryl methyl sites for hydroxylation is 1. The predicted molar refractivity (Wildman–Crippen MR) is 146 cm³/mol. The third-order valence-electron chi connectivity index (χ3n) is 6.55. The summed E-state index contributed by atoms with van der Waals surface area (Å²) in [5, 5.41) is 16.8. The lowest BCUT2D eigenvalue weighted by atomic mass is 10.0. The smallest absolute Gasteiger partial charge is 0.243 e. The Hall–Kier alpha value is -3.82. The maximum absolute atomic E-state index is 13.5. The Balaban J connectivity index is 1.51. The zero-order chi connectivity index (χ0) is 26.0. The van der Waals surface area contributed by atoms with Gasteiger partial charge in [0.05, 0.1) is 4.90 Å². The maximum atomic E-state index is 13.5. The van der Waals surface area contributed by atoms with E-state index in [0.717, 1.165) is 35.7 Å². The van der Waals surface area contributed by atoms with Crippen LogP contribution in [0.1, 0.15) is 31.7 Å². The maximum Gasteiger partial charge on any atom is 0.243 e. The Morgan fingerprint density at radius 3 is 2.24 bits per heavy atom. The van der Waals surface area contributed by atoms with Crippen LogP contribution in [0.25, 0.3) is 22.0 Å². The molecule has 1 amide bonds. The molecule has 2 N–H and O–H groups in total. The minimum Gasteiger partial charge on any atom is -0.338 e. The lowest BCUT2D eigenvalue weighted by Crippen LogP contribution is -2.35. The fraction of sp³-hybridized carbons (Fsp3) is 0.250. The van der Waals surface area contributed by atoms with Gasteiger partial charge in [0, 0.05) is 47.7 Å². The molecule has 0 radical (unpaired) electrons. The minimum atomic E-state index is -3.59. The number of fused-ring (bicyclic) bond motifs is 1. The van der Waals surface area contributed by atoms with Crippen molar-refractivity contribution in [1.29, 1.82) is 0 Å². The molecule has 0 bridgehead atoms. The van der Waals surface area contributed by atoms with Crippen LogP contribution in [0.3, 0.4) is 0 Å². The molecule has 4 aromatic rings. The van der Waals surface area contributed by atoms with E-state index in [2.05, 4.69) is 20.8 Å². The number of carbonyl (C=O) groups excluding carboxylic acids is 1. The number of nitrogens with zero attached hydrogens (tertiary/aromatic N) is 3. The highest BCUT2D eigenvalue weighted by Crippen LogP contribution is 2.34. The minimum absolute atomic E-state index is 0.129. The second-order valence-electron chi connectivity index (χ2n) is 9.27. The van der Waals surface area contributed by atoms with Crippen molar-refractivity contribution in [3.63, 3.8) is 0 Å². The van der Waals surface area contributed by atoms with Gasteiger partial charge in [0.15, 0.2) is 5.82 Å². The van der Waals surface area contributed by atoms with E-state index in [4.69, 9.17) is 0 Å². The van der Waals surface area contributed by atoms with Gasteiger partial charge in [-0.15, -0.1) is 10.2 Å². The third kappa shape index (κ3) is 5.19. The summed E-state index contributed by atoms with van der Waals surface area (Å²) in [7, 11) is -3.59. The van der Waals surface area contributed by atoms with Gasteiger partial charge >= 0.3 is 0 Å². The van der Waals surface area contributed by atoms with Crippen molar-refractivity contribution in [1.82, 2.24) is 14.5 Å². The molecule has 1 fully saturated rings. The second-order valence-corrected chi connectivity index (χ2v) is 11.2. The molecule has 1 aromatic heterocycles. The van der Waals surface area contributed by atoms with E-state index in [1.165, 1.54) is 6.92 Å². The molecule has 9 heteroatoms. The lowest BCUT2D eigenvalue weighted by molar-refractivity contribution is -0.114. The Morgan fingerprint density at radius 2 is 1.54 bits per heavy atom. The average Bonchev–Trinajstić information content (AvgIpc) is 2.90. The SMILES string of the molecule is CC(=O)Nc1ccc(Nc2nnc(-c3ccc(C)c(S(=O)(=O)N4CCCCC4)c3)c3ccccc23)cc1. The summed E-state index contributed by atoms with van der Waals surface area (Å²) in [5.41, 5.74) is 3.55. The van der Waals surface area contributed by atoms with Crippen LogP contribution in [0, 0.1) is 6.92 Å². The summed E-state index contributed by atoms with van der Waals surface area (Å²) in [6.07, 6.45) is 2.84. The van der Waals surface area contributed by atoms with Crippen molar-refractivity contribution in [3.8, 4) is 11.3 Å². The van der Waals surface area contributed by atoms with E-state index < -0.39 is 10.0 Å². The van der Waals surface area contributed by atoms with Gasteiger partial charge in [-0.25, -0.2) is 8.42 Å². The van der Waals surface area contributed by atoms with Crippen LogP contribution in [0.2, 0.25) is 0 Å². The van der Waals surface area contributed by atoms with Crippen molar-refractivity contribution in [3.05, 3.63) is 72.3 Å². The molecule has 3 aromatic carbocycles. The van der Waals surface area contributed by atoms with Crippen LogP contribution < -0.4 is 10.6 Å². The summed E-state index contributed by atoms with van der Waals surface area (Å²) in [6.45, 7) is 4.41. The molecule has 190 valence electrons. The standard InChI is InChI=1S/C28H29N5O3S/c1-19-10-11-21(18-26(19)37(35,36)33-16-6-3-7-17-33)27-24-8-4-5-9-25(24)28(32-31-27)30-23-14-12-22(13-15-23)29-20(2)34/h4-5,8-15,18H,3,6-7,16-17H2,1-2H3,(H,29,34)(H,30,32). The molecule has 1 saturated heterocycles. The van der Waals surface area contributed by atoms with Gasteiger partial charge in [0.2, 0.25) is 15.9 Å². The molecular formula is C28H29N5O3S. The number of amides is 1. The van der Waals surface area contributed by atoms with Crippen molar-refractivity contribution >= 4 is 43.9 Å². The Labute approximate surface area is 216 Å². The molecule has 0 aliphatic carbocycles. The molecular weight excluding hydrogens is 486 g/mol. The van der Waals surface area contributed by atoms with Gasteiger partial charge in [-0.3, -0.25) is 4.79 Å². The van der Waals surface area contributed by atoms with E-state index >= 15 is 0 Å². The zero-order valence-electron chi connectivity index (χ0n) is 20.9. The average molecular weight is 516 g/mol. The number of nitrogens with one attached hydrogen (secondary N) is 2. The predicted octanol–water partition coefficient (Wildman–Crippen LogP) is 5.48. The number of carbonyl (C=O) groups is 1. The second kappa shape index (κ2) is 10.3. The molecule has 8 nitrogen and oxygen atoms in total. The molecule has 0 spiro atoms. The van der Waals surface area contributed by atoms with E-state index in [1.54, 1.807) is 10.4 Å². The lowest BCUT2D eigenvalue weighted by Gasteiger charge is -2.26. The van der Waals surface area contributed by atoms with Gasteiger partial charge in [-0.05, 0) is 55.7 Å². The fourth-order valence-corrected chi connectivity index (χ4v) is 6.42. The van der Waals surface area contributed by atoms with E-state index in [1.807, 2.05) is 67.6 Å². The quantitative estimate of drug-likeness (QED) is 0.352. The van der Waals surface area contributed by atoms with E-state index in [9.17, 15) is 13.2 Å². The first-order valence-electron chi connectivity index (χ1n) is 12.3. The first-order valence-corrected chi connectivity index (χ1v) is 13.8. The fourth-order valence-electron chi connectivity index (χ4n) is 4.66. The van der Waals surface area contributed by atoms with Gasteiger partial charge in [-0.2, -0.15) is 4.31 Å². The van der Waals surface area contributed by atoms with Crippen LogP contribution >= 0.6 is 0 Å². The topological polar surface area (TPSA) is 104 Å². The summed E-state index contributed by atoms with van der Waals surface area (Å²) < 4.78 is 28.5. The summed E-state index contributed by atoms with van der Waals surface area (Å²) in [6, 6.07) is 20.6. The first-order chi connectivity index (χ1) is 17.8. The number of piperidine rings is 1. The Bertz CT molecular complexity index is 1560. The van der Waals surface area contributed by atoms with Crippen molar-refractivity contribution in [2.24, 2.45) is 0 Å². The number of hydrogen-bond donors (Lipinski definition) is 2. The number of rotatable bonds is 6. The summed E-state index contributed by atoms with van der Waals surface area (Å²) in [4.78, 5) is 11.6. The molecule has 1 aliphatic heterocycles. The van der Waals surface area contributed by atoms with Crippen LogP contribution in [-0.4, -0.2) is 41.9 Å². The number of anilines is 3. The normalized spacial score (nSPS) is 14.4. The first kappa shape index (κ1) is 24.9. The highest BCUT2D eigenvalue weighted by Gasteiger charge is 2.28. The molecule has 37 heavy (non-hydrogen) atoms. The molecule has 1 aliphatic rings. The Morgan fingerprint density at radius 1 is 0.865 bits per heavy atom. The number of hydrogen-bond acceptors (Lipinski definition) is 6. The van der Waals surface area contributed by atoms with Crippen molar-refractivity contribution in [2.75, 3.05) is 23.7 Å². The zero-order valence-corrected chi connectivity index (χ0v) is 21.7. The highest BCUT2D eigenvalue weighted by atomic mass is 32.2. The third-order valence-corrected chi connectivity index (χ3v) is 8.59. The molecule has 5 rings (SSSR count). The van der Waals surface area contributed by atoms with Gasteiger partial charge in [-0.1, -0.05) is 42.8 Å². The van der Waals surface area contributed by atoms with Crippen LogP contribution in [0.15, 0.2) is 71.6 Å². The summed E-state index contributed by atoms with van der Waals surface area (Å²) in [5.74, 6) is 0.455. The van der Waals surface area contributed by atoms with E-state index in [-0.39, 0.29) is 5.91 Å². The monoisotopic (exact) mass is 515 g/mol. The van der Waals surface area contributed by atoms with E-state index in [0.29, 0.717) is 46.3 Å². The van der Waals surface area contributed by atoms with Gasteiger partial charge < -0.3 is 10.6 Å². The van der Waals surface area contributed by atoms with Crippen LogP contribution in [0.4, 0.5) is 17.2 Å². The van der Waals surface area contributed by atoms with Crippen molar-refractivity contribution in [2.45, 2.75) is 38.0 Å². The largest absolute Gasteiger partial charge is 0.338 e. The molecule has 0 unspecified atom stereocenters. The van der Waals surface area contributed by atoms with Gasteiger partial charge in [0.25, 0.3) is 0 Å². The highest BCUT2D eigenvalue weighted by molar-refractivity contribution is 7.89. The number of sulfonamides is 1. The summed E-state index contributed by atoms with van der Waals surface area (Å²) >= 11 is 0.